The summed E-state index contributed by atoms with van der Waals surface area (Å²) in [5, 5.41) is 4.99. The second-order valence-corrected chi connectivity index (χ2v) is 7.91. The molecular formula is C21H26N4O3S. The topological polar surface area (TPSA) is 82.6 Å². The number of aromatic nitrogens is 1. The monoisotopic (exact) mass is 414 g/mol. The first-order chi connectivity index (χ1) is 14.1. The van der Waals surface area contributed by atoms with Gasteiger partial charge in [-0.1, -0.05) is 25.1 Å². The van der Waals surface area contributed by atoms with E-state index in [2.05, 4.69) is 10.3 Å². The summed E-state index contributed by atoms with van der Waals surface area (Å²) in [6.07, 6.45) is 3.12. The van der Waals surface area contributed by atoms with Crippen molar-refractivity contribution in [2.24, 2.45) is 0 Å². The maximum Gasteiger partial charge on any atom is 0.254 e. The van der Waals surface area contributed by atoms with Gasteiger partial charge in [-0.25, -0.2) is 4.98 Å². The lowest BCUT2D eigenvalue weighted by molar-refractivity contribution is -0.129. The van der Waals surface area contributed by atoms with Crippen LogP contribution in [0.4, 0.5) is 5.13 Å². The van der Waals surface area contributed by atoms with Crippen LogP contribution in [0, 0.1) is 0 Å². The Kier molecular flexibility index (Phi) is 7.35. The van der Waals surface area contributed by atoms with Gasteiger partial charge in [0.15, 0.2) is 5.13 Å². The molecule has 0 atom stereocenters. The van der Waals surface area contributed by atoms with Gasteiger partial charge in [-0.3, -0.25) is 14.4 Å². The molecule has 0 aliphatic carbocycles. The summed E-state index contributed by atoms with van der Waals surface area (Å²) < 4.78 is 0. The average molecular weight is 415 g/mol. The third-order valence-corrected chi connectivity index (χ3v) is 5.53. The maximum absolute atomic E-state index is 12.7. The van der Waals surface area contributed by atoms with E-state index < -0.39 is 0 Å². The number of nitrogens with zero attached hydrogens (tertiary/aromatic N) is 3. The van der Waals surface area contributed by atoms with E-state index in [1.54, 1.807) is 29.6 Å². The molecule has 1 aliphatic rings. The molecule has 1 aromatic heterocycles. The van der Waals surface area contributed by atoms with E-state index in [4.69, 9.17) is 0 Å². The Labute approximate surface area is 174 Å². The molecule has 1 fully saturated rings. The van der Waals surface area contributed by atoms with Crippen molar-refractivity contribution >= 4 is 34.2 Å². The molecule has 8 heteroatoms. The zero-order chi connectivity index (χ0) is 20.6. The summed E-state index contributed by atoms with van der Waals surface area (Å²) in [5.74, 6) is -0.388. The van der Waals surface area contributed by atoms with Crippen molar-refractivity contribution in [1.82, 2.24) is 14.8 Å². The van der Waals surface area contributed by atoms with E-state index in [-0.39, 0.29) is 30.7 Å². The summed E-state index contributed by atoms with van der Waals surface area (Å²) in [5.41, 5.74) is 1.22. The van der Waals surface area contributed by atoms with E-state index >= 15 is 0 Å². The van der Waals surface area contributed by atoms with Crippen LogP contribution in [0.5, 0.6) is 0 Å². The van der Waals surface area contributed by atoms with Crippen LogP contribution in [0.15, 0.2) is 35.7 Å². The third kappa shape index (κ3) is 5.87. The molecule has 1 N–H and O–H groups in total. The van der Waals surface area contributed by atoms with Gasteiger partial charge in [-0.15, -0.1) is 11.3 Å². The number of thiazole rings is 1. The molecule has 0 bridgehead atoms. The largest absolute Gasteiger partial charge is 0.342 e. The fourth-order valence-electron chi connectivity index (χ4n) is 3.30. The van der Waals surface area contributed by atoms with Gasteiger partial charge in [0.25, 0.3) is 5.91 Å². The van der Waals surface area contributed by atoms with E-state index in [9.17, 15) is 14.4 Å². The Balaban J connectivity index is 1.55. The number of hydrogen-bond donors (Lipinski definition) is 1. The Morgan fingerprint density at radius 2 is 1.90 bits per heavy atom. The Bertz CT molecular complexity index is 847. The molecule has 3 amide bonds. The predicted molar refractivity (Wildman–Crippen MR) is 113 cm³/mol. The smallest absolute Gasteiger partial charge is 0.254 e. The molecule has 7 nitrogen and oxygen atoms in total. The van der Waals surface area contributed by atoms with Gasteiger partial charge in [0.1, 0.15) is 6.54 Å². The van der Waals surface area contributed by atoms with Crippen LogP contribution in [0.25, 0.3) is 0 Å². The summed E-state index contributed by atoms with van der Waals surface area (Å²) in [6.45, 7) is 4.05. The fourth-order valence-corrected chi connectivity index (χ4v) is 4.02. The number of carbonyl (C=O) groups excluding carboxylic acids is 3. The fraction of sp³-hybridized carbons (Fsp3) is 0.429. The normalized spacial score (nSPS) is 13.3. The van der Waals surface area contributed by atoms with Crippen molar-refractivity contribution in [2.75, 3.05) is 31.5 Å². The van der Waals surface area contributed by atoms with Crippen molar-refractivity contribution < 1.29 is 14.4 Å². The molecule has 1 saturated heterocycles. The van der Waals surface area contributed by atoms with Gasteiger partial charge in [-0.2, -0.15) is 0 Å². The van der Waals surface area contributed by atoms with Crippen molar-refractivity contribution in [1.29, 1.82) is 0 Å². The average Bonchev–Trinajstić information content (AvgIpc) is 3.40. The van der Waals surface area contributed by atoms with Gasteiger partial charge < -0.3 is 15.1 Å². The summed E-state index contributed by atoms with van der Waals surface area (Å²) >= 11 is 1.29. The first kappa shape index (κ1) is 21.0. The van der Waals surface area contributed by atoms with Crippen LogP contribution in [0.1, 0.15) is 42.2 Å². The van der Waals surface area contributed by atoms with Crippen molar-refractivity contribution in [3.8, 4) is 0 Å². The van der Waals surface area contributed by atoms with E-state index in [1.807, 2.05) is 17.9 Å². The van der Waals surface area contributed by atoms with Crippen LogP contribution in [-0.4, -0.2) is 58.7 Å². The van der Waals surface area contributed by atoms with Crippen LogP contribution in [-0.2, 0) is 16.0 Å². The highest BCUT2D eigenvalue weighted by Gasteiger charge is 2.21. The van der Waals surface area contributed by atoms with E-state index in [0.29, 0.717) is 22.9 Å². The molecule has 0 saturated carbocycles. The zero-order valence-electron chi connectivity index (χ0n) is 16.6. The quantitative estimate of drug-likeness (QED) is 0.720. The Hall–Kier alpha value is -2.74. The summed E-state index contributed by atoms with van der Waals surface area (Å²) in [7, 11) is 0. The first-order valence-corrected chi connectivity index (χ1v) is 10.8. The van der Waals surface area contributed by atoms with Crippen LogP contribution >= 0.6 is 11.3 Å². The number of hydrogen-bond acceptors (Lipinski definition) is 5. The highest BCUT2D eigenvalue weighted by atomic mass is 32.1. The first-order valence-electron chi connectivity index (χ1n) is 9.93. The minimum absolute atomic E-state index is 0.0385. The second-order valence-electron chi connectivity index (χ2n) is 7.05. The molecule has 2 heterocycles. The SMILES string of the molecule is CCCN(CC(=O)Nc1nc(CC(=O)N2CCCC2)cs1)C(=O)c1ccccc1. The number of likely N-dealkylation sites (tertiary alicyclic amines) is 1. The lowest BCUT2D eigenvalue weighted by Crippen LogP contribution is -2.38. The van der Waals surface area contributed by atoms with Crippen molar-refractivity contribution in [3.63, 3.8) is 0 Å². The molecule has 0 radical (unpaired) electrons. The molecular weight excluding hydrogens is 388 g/mol. The number of nitrogens with one attached hydrogen (secondary N) is 1. The van der Waals surface area contributed by atoms with Gasteiger partial charge >= 0.3 is 0 Å². The lowest BCUT2D eigenvalue weighted by Gasteiger charge is -2.21. The molecule has 2 aromatic rings. The van der Waals surface area contributed by atoms with Crippen molar-refractivity contribution in [3.05, 3.63) is 47.0 Å². The summed E-state index contributed by atoms with van der Waals surface area (Å²) in [4.78, 5) is 45.1. The molecule has 1 aliphatic heterocycles. The number of benzene rings is 1. The Morgan fingerprint density at radius 3 is 2.59 bits per heavy atom. The lowest BCUT2D eigenvalue weighted by atomic mass is 10.2. The second kappa shape index (κ2) is 10.2. The van der Waals surface area contributed by atoms with Gasteiger partial charge in [0.2, 0.25) is 11.8 Å². The highest BCUT2D eigenvalue weighted by molar-refractivity contribution is 7.13. The molecule has 154 valence electrons. The van der Waals surface area contributed by atoms with Crippen LogP contribution < -0.4 is 5.32 Å². The standard InChI is InChI=1S/C21H26N4O3S/c1-2-10-25(20(28)16-8-4-3-5-9-16)14-18(26)23-21-22-17(15-29-21)13-19(27)24-11-6-7-12-24/h3-5,8-9,15H,2,6-7,10-14H2,1H3,(H,22,23,26). The highest BCUT2D eigenvalue weighted by Crippen LogP contribution is 2.18. The van der Waals surface area contributed by atoms with E-state index in [0.717, 1.165) is 32.4 Å². The summed E-state index contributed by atoms with van der Waals surface area (Å²) in [6, 6.07) is 8.94. The number of rotatable bonds is 8. The molecule has 0 spiro atoms. The molecule has 29 heavy (non-hydrogen) atoms. The van der Waals surface area contributed by atoms with Gasteiger partial charge in [0.05, 0.1) is 12.1 Å². The number of amides is 3. The number of carbonyl (C=O) groups is 3. The predicted octanol–water partition coefficient (Wildman–Crippen LogP) is 2.80. The van der Waals surface area contributed by atoms with Crippen LogP contribution in [0.2, 0.25) is 0 Å². The minimum Gasteiger partial charge on any atom is -0.342 e. The number of anilines is 1. The minimum atomic E-state index is -0.297. The van der Waals surface area contributed by atoms with Gasteiger partial charge in [0, 0.05) is 30.6 Å². The maximum atomic E-state index is 12.7. The third-order valence-electron chi connectivity index (χ3n) is 4.73. The zero-order valence-corrected chi connectivity index (χ0v) is 17.4. The molecule has 0 unspecified atom stereocenters. The Morgan fingerprint density at radius 1 is 1.17 bits per heavy atom. The van der Waals surface area contributed by atoms with Crippen molar-refractivity contribution in [2.45, 2.75) is 32.6 Å². The van der Waals surface area contributed by atoms with Crippen LogP contribution in [0.3, 0.4) is 0 Å². The molecule has 1 aromatic carbocycles. The van der Waals surface area contributed by atoms with Gasteiger partial charge in [-0.05, 0) is 31.4 Å². The molecule has 3 rings (SSSR count). The van der Waals surface area contributed by atoms with E-state index in [1.165, 1.54) is 16.2 Å².